The predicted molar refractivity (Wildman–Crippen MR) is 63.7 cm³/mol. The number of aliphatic hydroxyl groups is 1. The van der Waals surface area contributed by atoms with Crippen LogP contribution in [0.1, 0.15) is 6.92 Å². The van der Waals surface area contributed by atoms with Crippen molar-refractivity contribution in [2.24, 2.45) is 0 Å². The summed E-state index contributed by atoms with van der Waals surface area (Å²) < 4.78 is 22.7. The van der Waals surface area contributed by atoms with E-state index in [-0.39, 0.29) is 18.8 Å². The molecule has 1 N–H and O–H groups in total. The molecule has 18 heavy (non-hydrogen) atoms. The Hall–Kier alpha value is -1.88. The third kappa shape index (κ3) is 4.97. The molecule has 1 rings (SSSR count). The summed E-state index contributed by atoms with van der Waals surface area (Å²) in [5, 5.41) is 9.48. The van der Waals surface area contributed by atoms with E-state index >= 15 is 0 Å². The zero-order chi connectivity index (χ0) is 13.5. The zero-order valence-corrected chi connectivity index (χ0v) is 10.1. The quantitative estimate of drug-likeness (QED) is 0.620. The van der Waals surface area contributed by atoms with E-state index in [4.69, 9.17) is 9.47 Å². The molecular formula is C13H15FO4. The molecule has 0 spiro atoms. The van der Waals surface area contributed by atoms with Crippen molar-refractivity contribution >= 4 is 5.97 Å². The normalized spacial score (nSPS) is 11.7. The van der Waals surface area contributed by atoms with Crippen LogP contribution in [0.5, 0.6) is 5.75 Å². The van der Waals surface area contributed by atoms with Crippen molar-refractivity contribution in [2.75, 3.05) is 13.2 Å². The summed E-state index contributed by atoms with van der Waals surface area (Å²) in [6.45, 7) is 4.64. The molecule has 0 aliphatic heterocycles. The first-order chi connectivity index (χ1) is 8.49. The van der Waals surface area contributed by atoms with Gasteiger partial charge in [0.2, 0.25) is 0 Å². The summed E-state index contributed by atoms with van der Waals surface area (Å²) in [5.74, 6) is -0.684. The summed E-state index contributed by atoms with van der Waals surface area (Å²) in [6.07, 6.45) is -0.975. The SMILES string of the molecule is C=C(C)C(=O)OCC(O)COc1cccc(F)c1. The van der Waals surface area contributed by atoms with Crippen molar-refractivity contribution in [3.8, 4) is 5.75 Å². The second-order valence-corrected chi connectivity index (χ2v) is 3.80. The van der Waals surface area contributed by atoms with Crippen LogP contribution in [0.2, 0.25) is 0 Å². The van der Waals surface area contributed by atoms with Crippen molar-refractivity contribution in [1.82, 2.24) is 0 Å². The van der Waals surface area contributed by atoms with Crippen LogP contribution in [0.3, 0.4) is 0 Å². The molecule has 1 unspecified atom stereocenters. The summed E-state index contributed by atoms with van der Waals surface area (Å²) in [7, 11) is 0. The van der Waals surface area contributed by atoms with Crippen LogP contribution in [0.25, 0.3) is 0 Å². The maximum absolute atomic E-state index is 12.8. The molecule has 0 saturated heterocycles. The Morgan fingerprint density at radius 1 is 1.50 bits per heavy atom. The number of hydrogen-bond donors (Lipinski definition) is 1. The van der Waals surface area contributed by atoms with Gasteiger partial charge in [-0.3, -0.25) is 0 Å². The van der Waals surface area contributed by atoms with Crippen LogP contribution >= 0.6 is 0 Å². The van der Waals surface area contributed by atoms with Gasteiger partial charge in [0.1, 0.15) is 30.9 Å². The lowest BCUT2D eigenvalue weighted by molar-refractivity contribution is -0.142. The van der Waals surface area contributed by atoms with E-state index in [0.29, 0.717) is 5.75 Å². The molecule has 0 aliphatic carbocycles. The van der Waals surface area contributed by atoms with Crippen LogP contribution < -0.4 is 4.74 Å². The van der Waals surface area contributed by atoms with E-state index in [1.165, 1.54) is 25.1 Å². The lowest BCUT2D eigenvalue weighted by atomic mass is 10.3. The number of benzene rings is 1. The van der Waals surface area contributed by atoms with Gasteiger partial charge in [-0.2, -0.15) is 0 Å². The molecule has 0 aromatic heterocycles. The first kappa shape index (κ1) is 14.2. The highest BCUT2D eigenvalue weighted by Gasteiger charge is 2.10. The van der Waals surface area contributed by atoms with Gasteiger partial charge in [0.25, 0.3) is 0 Å². The highest BCUT2D eigenvalue weighted by Crippen LogP contribution is 2.12. The highest BCUT2D eigenvalue weighted by atomic mass is 19.1. The molecule has 1 aromatic rings. The molecule has 0 saturated carbocycles. The van der Waals surface area contributed by atoms with Gasteiger partial charge < -0.3 is 14.6 Å². The van der Waals surface area contributed by atoms with Crippen LogP contribution in [-0.4, -0.2) is 30.4 Å². The summed E-state index contributed by atoms with van der Waals surface area (Å²) in [6, 6.07) is 5.55. The van der Waals surface area contributed by atoms with Crippen molar-refractivity contribution < 1.29 is 23.8 Å². The Bertz CT molecular complexity index is 431. The Morgan fingerprint density at radius 3 is 2.83 bits per heavy atom. The number of carbonyl (C=O) groups excluding carboxylic acids is 1. The van der Waals surface area contributed by atoms with E-state index in [1.807, 2.05) is 0 Å². The second-order valence-electron chi connectivity index (χ2n) is 3.80. The third-order valence-corrected chi connectivity index (χ3v) is 1.99. The second kappa shape index (κ2) is 6.76. The maximum Gasteiger partial charge on any atom is 0.333 e. The standard InChI is InChI=1S/C13H15FO4/c1-9(2)13(16)18-8-11(15)7-17-12-5-3-4-10(14)6-12/h3-6,11,15H,1,7-8H2,2H3. The van der Waals surface area contributed by atoms with E-state index in [9.17, 15) is 14.3 Å². The Balaban J connectivity index is 2.31. The molecular weight excluding hydrogens is 239 g/mol. The number of esters is 1. The van der Waals surface area contributed by atoms with Gasteiger partial charge in [-0.15, -0.1) is 0 Å². The van der Waals surface area contributed by atoms with Crippen molar-refractivity contribution in [3.63, 3.8) is 0 Å². The molecule has 4 nitrogen and oxygen atoms in total. The maximum atomic E-state index is 12.8. The van der Waals surface area contributed by atoms with Gasteiger partial charge >= 0.3 is 5.97 Å². The summed E-state index contributed by atoms with van der Waals surface area (Å²) in [4.78, 5) is 11.0. The number of aliphatic hydroxyl groups excluding tert-OH is 1. The molecule has 0 radical (unpaired) electrons. The van der Waals surface area contributed by atoms with E-state index in [0.717, 1.165) is 0 Å². The van der Waals surface area contributed by atoms with E-state index < -0.39 is 17.9 Å². The van der Waals surface area contributed by atoms with Crippen LogP contribution in [0.4, 0.5) is 4.39 Å². The Morgan fingerprint density at radius 2 is 2.22 bits per heavy atom. The summed E-state index contributed by atoms with van der Waals surface area (Å²) in [5.41, 5.74) is 0.258. The minimum Gasteiger partial charge on any atom is -0.491 e. The lowest BCUT2D eigenvalue weighted by Gasteiger charge is -2.12. The fourth-order valence-electron chi connectivity index (χ4n) is 1.09. The number of carbonyl (C=O) groups is 1. The Kier molecular flexibility index (Phi) is 5.32. The monoisotopic (exact) mass is 254 g/mol. The minimum absolute atomic E-state index is 0.0904. The molecule has 0 amide bonds. The van der Waals surface area contributed by atoms with Crippen molar-refractivity contribution in [2.45, 2.75) is 13.0 Å². The largest absolute Gasteiger partial charge is 0.491 e. The van der Waals surface area contributed by atoms with Crippen LogP contribution in [0, 0.1) is 5.82 Å². The molecule has 1 aromatic carbocycles. The van der Waals surface area contributed by atoms with E-state index in [1.54, 1.807) is 6.07 Å². The average Bonchev–Trinajstić information content (AvgIpc) is 2.33. The fraction of sp³-hybridized carbons (Fsp3) is 0.308. The molecule has 98 valence electrons. The molecule has 0 bridgehead atoms. The molecule has 0 heterocycles. The van der Waals surface area contributed by atoms with Crippen molar-refractivity contribution in [3.05, 3.63) is 42.2 Å². The first-order valence-electron chi connectivity index (χ1n) is 5.38. The van der Waals surface area contributed by atoms with Gasteiger partial charge in [0.05, 0.1) is 0 Å². The van der Waals surface area contributed by atoms with Gasteiger partial charge in [0.15, 0.2) is 0 Å². The zero-order valence-electron chi connectivity index (χ0n) is 10.1. The topological polar surface area (TPSA) is 55.8 Å². The van der Waals surface area contributed by atoms with Gasteiger partial charge in [-0.05, 0) is 19.1 Å². The average molecular weight is 254 g/mol. The molecule has 0 fully saturated rings. The number of halogens is 1. The first-order valence-corrected chi connectivity index (χ1v) is 5.38. The van der Waals surface area contributed by atoms with E-state index in [2.05, 4.69) is 6.58 Å². The van der Waals surface area contributed by atoms with Crippen LogP contribution in [0.15, 0.2) is 36.4 Å². The number of rotatable bonds is 6. The fourth-order valence-corrected chi connectivity index (χ4v) is 1.09. The van der Waals surface area contributed by atoms with Gasteiger partial charge in [0, 0.05) is 11.6 Å². The minimum atomic E-state index is -0.975. The molecule has 1 atom stereocenters. The highest BCUT2D eigenvalue weighted by molar-refractivity contribution is 5.86. The predicted octanol–water partition coefficient (Wildman–Crippen LogP) is 1.68. The third-order valence-electron chi connectivity index (χ3n) is 1.99. The molecule has 5 heteroatoms. The van der Waals surface area contributed by atoms with Crippen LogP contribution in [-0.2, 0) is 9.53 Å². The van der Waals surface area contributed by atoms with Crippen molar-refractivity contribution in [1.29, 1.82) is 0 Å². The smallest absolute Gasteiger partial charge is 0.333 e. The van der Waals surface area contributed by atoms with Gasteiger partial charge in [-0.25, -0.2) is 9.18 Å². The summed E-state index contributed by atoms with van der Waals surface area (Å²) >= 11 is 0. The lowest BCUT2D eigenvalue weighted by Crippen LogP contribution is -2.25. The number of hydrogen-bond acceptors (Lipinski definition) is 4. The Labute approximate surface area is 105 Å². The van der Waals surface area contributed by atoms with Gasteiger partial charge in [-0.1, -0.05) is 12.6 Å². The number of ether oxygens (including phenoxy) is 2. The molecule has 0 aliphatic rings.